The predicted molar refractivity (Wildman–Crippen MR) is 167 cm³/mol. The lowest BCUT2D eigenvalue weighted by atomic mass is 9.85. The number of aromatic nitrogens is 2. The van der Waals surface area contributed by atoms with Crippen LogP contribution in [0, 0.1) is 15.9 Å². The molecule has 1 spiro atoms. The van der Waals surface area contributed by atoms with Gasteiger partial charge in [0, 0.05) is 30.8 Å². The van der Waals surface area contributed by atoms with Crippen molar-refractivity contribution in [1.82, 2.24) is 19.4 Å². The largest absolute Gasteiger partial charge is 0.465 e. The zero-order chi connectivity index (χ0) is 38.5. The fourth-order valence-corrected chi connectivity index (χ4v) is 6.82. The number of non-ortho nitro benzene ring substituents is 1. The molecule has 0 saturated carbocycles. The van der Waals surface area contributed by atoms with Gasteiger partial charge in [-0.05, 0) is 42.7 Å². The number of alkyl halides is 6. The van der Waals surface area contributed by atoms with Crippen LogP contribution >= 0.6 is 0 Å². The van der Waals surface area contributed by atoms with Gasteiger partial charge in [-0.2, -0.15) is 26.3 Å². The van der Waals surface area contributed by atoms with Crippen LogP contribution in [0.15, 0.2) is 68.6 Å². The number of nitrogens with one attached hydrogen (secondary N) is 1. The lowest BCUT2D eigenvalue weighted by Gasteiger charge is -2.38. The van der Waals surface area contributed by atoms with Gasteiger partial charge in [0.2, 0.25) is 5.76 Å². The molecule has 6 rings (SSSR count). The molecule has 1 atom stereocenters. The topological polar surface area (TPSA) is 162 Å². The lowest BCUT2D eigenvalue weighted by Crippen LogP contribution is -2.50. The van der Waals surface area contributed by atoms with Gasteiger partial charge in [0.05, 0.1) is 54.0 Å². The van der Waals surface area contributed by atoms with E-state index in [4.69, 9.17) is 9.15 Å². The molecule has 2 aliphatic heterocycles. The van der Waals surface area contributed by atoms with Gasteiger partial charge >= 0.3 is 24.1 Å². The van der Waals surface area contributed by atoms with Crippen molar-refractivity contribution in [3.63, 3.8) is 0 Å². The van der Waals surface area contributed by atoms with Crippen LogP contribution in [-0.4, -0.2) is 43.2 Å². The molecule has 1 unspecified atom stereocenters. The molecule has 2 aromatic carbocycles. The predicted octanol–water partition coefficient (Wildman–Crippen LogP) is 5.77. The van der Waals surface area contributed by atoms with E-state index < -0.39 is 94.3 Å². The molecule has 1 fully saturated rings. The second-order valence-electron chi connectivity index (χ2n) is 12.5. The second kappa shape index (κ2) is 13.8. The molecule has 2 N–H and O–H groups in total. The SMILES string of the molecule is O=C(O)NC(Cn1c(=O)c2c(n(Cc3c(F)cccc3C(F)(F)F)c1=O)COC21CCN(Cc2ccc(C(F)(F)F)o2)CC1)c1cccc([N+](=O)[O-])c1. The maximum Gasteiger partial charge on any atom is 0.449 e. The van der Waals surface area contributed by atoms with Crippen LogP contribution < -0.4 is 16.6 Å². The normalized spacial score (nSPS) is 16.4. The third-order valence-electron chi connectivity index (χ3n) is 9.35. The van der Waals surface area contributed by atoms with Crippen molar-refractivity contribution in [3.8, 4) is 0 Å². The van der Waals surface area contributed by atoms with Gasteiger partial charge in [0.25, 0.3) is 11.2 Å². The van der Waals surface area contributed by atoms with E-state index in [-0.39, 0.29) is 55.1 Å². The smallest absolute Gasteiger partial charge is 0.449 e. The van der Waals surface area contributed by atoms with Gasteiger partial charge in [0.1, 0.15) is 17.2 Å². The molecule has 2 aliphatic rings. The average Bonchev–Trinajstić information content (AvgIpc) is 3.71. The van der Waals surface area contributed by atoms with Crippen molar-refractivity contribution in [1.29, 1.82) is 0 Å². The maximum absolute atomic E-state index is 15.1. The van der Waals surface area contributed by atoms with Crippen LogP contribution in [0.25, 0.3) is 0 Å². The third-order valence-corrected chi connectivity index (χ3v) is 9.35. The molecule has 13 nitrogen and oxygen atoms in total. The Balaban J connectivity index is 1.44. The number of nitro groups is 1. The van der Waals surface area contributed by atoms with Crippen molar-refractivity contribution in [2.24, 2.45) is 0 Å². The number of amides is 1. The summed E-state index contributed by atoms with van der Waals surface area (Å²) in [5.41, 5.74) is -6.73. The van der Waals surface area contributed by atoms with Crippen molar-refractivity contribution < 1.29 is 54.7 Å². The number of carboxylic acid groups (broad SMARTS) is 1. The number of benzene rings is 2. The Morgan fingerprint density at radius 3 is 2.30 bits per heavy atom. The van der Waals surface area contributed by atoms with E-state index in [0.29, 0.717) is 10.6 Å². The summed E-state index contributed by atoms with van der Waals surface area (Å²) in [4.78, 5) is 52.7. The number of hydrogen-bond acceptors (Lipinski definition) is 8. The molecule has 4 heterocycles. The summed E-state index contributed by atoms with van der Waals surface area (Å²) >= 11 is 0. The first-order chi connectivity index (χ1) is 24.9. The molecule has 20 heteroatoms. The highest BCUT2D eigenvalue weighted by Gasteiger charge is 2.48. The van der Waals surface area contributed by atoms with Crippen LogP contribution in [-0.2, 0) is 48.9 Å². The summed E-state index contributed by atoms with van der Waals surface area (Å²) in [6.45, 7) is -2.04. The van der Waals surface area contributed by atoms with Gasteiger partial charge < -0.3 is 19.6 Å². The highest BCUT2D eigenvalue weighted by Crippen LogP contribution is 2.43. The van der Waals surface area contributed by atoms with Gasteiger partial charge in [-0.15, -0.1) is 0 Å². The van der Waals surface area contributed by atoms with Gasteiger partial charge in [0.15, 0.2) is 0 Å². The third kappa shape index (κ3) is 7.41. The van der Waals surface area contributed by atoms with E-state index in [0.717, 1.165) is 34.9 Å². The van der Waals surface area contributed by atoms with Gasteiger partial charge in [-0.1, -0.05) is 18.2 Å². The van der Waals surface area contributed by atoms with Crippen LogP contribution in [0.1, 0.15) is 58.4 Å². The number of furan rings is 1. The van der Waals surface area contributed by atoms with E-state index in [2.05, 4.69) is 5.32 Å². The molecular formula is C33H28F7N5O8. The molecule has 0 radical (unpaired) electrons. The fourth-order valence-electron chi connectivity index (χ4n) is 6.82. The first kappa shape index (κ1) is 37.3. The summed E-state index contributed by atoms with van der Waals surface area (Å²) in [5.74, 6) is -2.47. The Labute approximate surface area is 293 Å². The summed E-state index contributed by atoms with van der Waals surface area (Å²) in [6, 6.07) is 7.41. The van der Waals surface area contributed by atoms with Crippen molar-refractivity contribution in [2.75, 3.05) is 13.1 Å². The van der Waals surface area contributed by atoms with E-state index in [1.54, 1.807) is 4.90 Å². The van der Waals surface area contributed by atoms with Crippen LogP contribution in [0.4, 0.5) is 41.2 Å². The number of nitrogens with zero attached hydrogens (tertiary/aromatic N) is 4. The minimum atomic E-state index is -5.05. The quantitative estimate of drug-likeness (QED) is 0.123. The minimum Gasteiger partial charge on any atom is -0.465 e. The Morgan fingerprint density at radius 2 is 1.68 bits per heavy atom. The number of rotatable bonds is 9. The molecule has 0 aliphatic carbocycles. The van der Waals surface area contributed by atoms with Crippen molar-refractivity contribution in [3.05, 3.63) is 131 Å². The minimum absolute atomic E-state index is 0.0145. The maximum atomic E-state index is 15.1. The summed E-state index contributed by atoms with van der Waals surface area (Å²) in [5, 5.41) is 23.2. The number of hydrogen-bond donors (Lipinski definition) is 2. The molecular weight excluding hydrogens is 727 g/mol. The number of ether oxygens (including phenoxy) is 1. The van der Waals surface area contributed by atoms with Crippen LogP contribution in [0.5, 0.6) is 0 Å². The number of fused-ring (bicyclic) bond motifs is 2. The van der Waals surface area contributed by atoms with E-state index >= 15 is 4.39 Å². The molecule has 1 amide bonds. The number of carbonyl (C=O) groups is 1. The monoisotopic (exact) mass is 755 g/mol. The molecule has 53 heavy (non-hydrogen) atoms. The molecule has 1 saturated heterocycles. The lowest BCUT2D eigenvalue weighted by molar-refractivity contribution is -0.384. The highest BCUT2D eigenvalue weighted by atomic mass is 19.4. The molecule has 2 aromatic heterocycles. The zero-order valence-electron chi connectivity index (χ0n) is 27.2. The summed E-state index contributed by atoms with van der Waals surface area (Å²) in [6.07, 6.45) is -11.3. The Kier molecular flexibility index (Phi) is 9.71. The number of piperidine rings is 1. The molecule has 0 bridgehead atoms. The zero-order valence-corrected chi connectivity index (χ0v) is 27.2. The first-order valence-corrected chi connectivity index (χ1v) is 15.9. The van der Waals surface area contributed by atoms with E-state index in [1.807, 2.05) is 0 Å². The number of halogens is 7. The summed E-state index contributed by atoms with van der Waals surface area (Å²) in [7, 11) is 0. The second-order valence-corrected chi connectivity index (χ2v) is 12.5. The van der Waals surface area contributed by atoms with Crippen molar-refractivity contribution >= 4 is 11.8 Å². The number of likely N-dealkylation sites (tertiary alicyclic amines) is 1. The van der Waals surface area contributed by atoms with Crippen LogP contribution in [0.3, 0.4) is 0 Å². The molecule has 282 valence electrons. The Hall–Kier alpha value is -5.50. The van der Waals surface area contributed by atoms with Gasteiger partial charge in [-0.3, -0.25) is 28.9 Å². The van der Waals surface area contributed by atoms with E-state index in [9.17, 15) is 55.9 Å². The van der Waals surface area contributed by atoms with Crippen molar-refractivity contribution in [2.45, 2.75) is 63.1 Å². The Bertz CT molecular complexity index is 2190. The van der Waals surface area contributed by atoms with E-state index in [1.165, 1.54) is 18.2 Å². The average molecular weight is 756 g/mol. The molecule has 4 aromatic rings. The standard InChI is InChI=1S/C33H28F7N5O8/c34-23-6-2-5-22(32(35,36)37)21(23)15-43-25-17-52-31(9-11-42(12-10-31)14-20-7-8-26(53-20)33(38,39)40)27(25)28(46)44(30(43)49)16-24(41-29(47)48)18-3-1-4-19(13-18)45(50)51/h1-8,13,24,41H,9-12,14-17H2,(H,47,48). The highest BCUT2D eigenvalue weighted by molar-refractivity contribution is 5.65. The first-order valence-electron chi connectivity index (χ1n) is 15.9. The van der Waals surface area contributed by atoms with Gasteiger partial charge in [-0.25, -0.2) is 14.0 Å². The summed E-state index contributed by atoms with van der Waals surface area (Å²) < 4.78 is 109. The Morgan fingerprint density at radius 1 is 0.981 bits per heavy atom. The fraction of sp³-hybridized carbons (Fsp3) is 0.364. The van der Waals surface area contributed by atoms with Crippen LogP contribution in [0.2, 0.25) is 0 Å². The number of nitro benzene ring substituents is 1.